The average Bonchev–Trinajstić information content (AvgIpc) is 2.68. The van der Waals surface area contributed by atoms with Gasteiger partial charge in [0.05, 0.1) is 17.9 Å². The first kappa shape index (κ1) is 16.7. The van der Waals surface area contributed by atoms with Gasteiger partial charge < -0.3 is 14.9 Å². The summed E-state index contributed by atoms with van der Waals surface area (Å²) >= 11 is 0. The Kier molecular flexibility index (Phi) is 5.38. The number of carboxylic acid groups (broad SMARTS) is 1. The van der Waals surface area contributed by atoms with E-state index in [1.165, 1.54) is 9.80 Å². The third-order valence-electron chi connectivity index (χ3n) is 3.65. The molecule has 0 spiro atoms. The predicted octanol–water partition coefficient (Wildman–Crippen LogP) is 0.410. The molecule has 0 saturated carbocycles. The molecule has 8 heteroatoms. The molecule has 1 heterocycles. The molecule has 1 saturated heterocycles. The summed E-state index contributed by atoms with van der Waals surface area (Å²) in [4.78, 5) is 26.0. The van der Waals surface area contributed by atoms with Crippen LogP contribution in [-0.2, 0) is 14.6 Å². The van der Waals surface area contributed by atoms with Crippen molar-refractivity contribution in [1.29, 1.82) is 0 Å². The van der Waals surface area contributed by atoms with Crippen molar-refractivity contribution in [1.82, 2.24) is 9.80 Å². The Bertz CT molecular complexity index is 476. The van der Waals surface area contributed by atoms with E-state index in [0.29, 0.717) is 13.0 Å². The molecule has 0 radical (unpaired) electrons. The van der Waals surface area contributed by atoms with Gasteiger partial charge in [0.15, 0.2) is 9.84 Å². The fourth-order valence-corrected chi connectivity index (χ4v) is 4.21. The molecule has 0 aromatic rings. The van der Waals surface area contributed by atoms with Crippen molar-refractivity contribution in [3.63, 3.8) is 0 Å². The van der Waals surface area contributed by atoms with Crippen molar-refractivity contribution in [3.05, 3.63) is 0 Å². The molecule has 0 aliphatic carbocycles. The minimum absolute atomic E-state index is 0.0138. The third kappa shape index (κ3) is 4.09. The zero-order chi connectivity index (χ0) is 15.5. The van der Waals surface area contributed by atoms with E-state index < -0.39 is 21.8 Å². The van der Waals surface area contributed by atoms with E-state index in [-0.39, 0.29) is 30.0 Å². The SMILES string of the molecule is CCN(C(=O)N(C)C1CCS(=O)(=O)C1)C(C)CC(=O)O. The van der Waals surface area contributed by atoms with Gasteiger partial charge in [0.25, 0.3) is 0 Å². The lowest BCUT2D eigenvalue weighted by atomic mass is 10.2. The molecule has 1 rings (SSSR count). The van der Waals surface area contributed by atoms with Crippen LogP contribution >= 0.6 is 0 Å². The molecule has 0 aromatic carbocycles. The van der Waals surface area contributed by atoms with Crippen LogP contribution in [0, 0.1) is 0 Å². The lowest BCUT2D eigenvalue weighted by Gasteiger charge is -2.34. The van der Waals surface area contributed by atoms with Crippen molar-refractivity contribution in [3.8, 4) is 0 Å². The van der Waals surface area contributed by atoms with Crippen molar-refractivity contribution in [2.24, 2.45) is 0 Å². The smallest absolute Gasteiger partial charge is 0.320 e. The summed E-state index contributed by atoms with van der Waals surface area (Å²) in [5.41, 5.74) is 0. The van der Waals surface area contributed by atoms with Crippen LogP contribution in [0.15, 0.2) is 0 Å². The quantitative estimate of drug-likeness (QED) is 0.794. The highest BCUT2D eigenvalue weighted by molar-refractivity contribution is 7.91. The number of hydrogen-bond acceptors (Lipinski definition) is 4. The third-order valence-corrected chi connectivity index (χ3v) is 5.40. The summed E-state index contributed by atoms with van der Waals surface area (Å²) < 4.78 is 22.9. The first-order valence-corrected chi connectivity index (χ1v) is 8.45. The Labute approximate surface area is 119 Å². The maximum Gasteiger partial charge on any atom is 0.320 e. The number of carbonyl (C=O) groups is 2. The largest absolute Gasteiger partial charge is 0.481 e. The molecular weight excluding hydrogens is 284 g/mol. The molecule has 2 amide bonds. The predicted molar refractivity (Wildman–Crippen MR) is 74.3 cm³/mol. The van der Waals surface area contributed by atoms with E-state index in [1.807, 2.05) is 0 Å². The van der Waals surface area contributed by atoms with Crippen molar-refractivity contribution < 1.29 is 23.1 Å². The van der Waals surface area contributed by atoms with Crippen molar-refractivity contribution >= 4 is 21.8 Å². The standard InChI is InChI=1S/C12H22N2O5S/c1-4-14(9(2)7-11(15)16)12(17)13(3)10-5-6-20(18,19)8-10/h9-10H,4-8H2,1-3H3,(H,15,16). The van der Waals surface area contributed by atoms with Gasteiger partial charge >= 0.3 is 12.0 Å². The lowest BCUT2D eigenvalue weighted by molar-refractivity contribution is -0.138. The molecule has 0 aromatic heterocycles. The summed E-state index contributed by atoms with van der Waals surface area (Å²) in [5.74, 6) is -0.874. The number of rotatable bonds is 5. The van der Waals surface area contributed by atoms with Gasteiger partial charge in [-0.2, -0.15) is 0 Å². The van der Waals surface area contributed by atoms with Crippen LogP contribution in [0.3, 0.4) is 0 Å². The fraction of sp³-hybridized carbons (Fsp3) is 0.833. The Morgan fingerprint density at radius 2 is 2.00 bits per heavy atom. The maximum absolute atomic E-state index is 12.4. The minimum Gasteiger partial charge on any atom is -0.481 e. The Morgan fingerprint density at radius 1 is 1.40 bits per heavy atom. The van der Waals surface area contributed by atoms with Crippen LogP contribution < -0.4 is 0 Å². The molecule has 1 aliphatic rings. The van der Waals surface area contributed by atoms with Gasteiger partial charge in [0, 0.05) is 25.7 Å². The van der Waals surface area contributed by atoms with Crippen LogP contribution in [0.2, 0.25) is 0 Å². The molecule has 1 N–H and O–H groups in total. The highest BCUT2D eigenvalue weighted by Gasteiger charge is 2.35. The number of carbonyl (C=O) groups excluding carboxylic acids is 1. The molecule has 2 atom stereocenters. The van der Waals surface area contributed by atoms with E-state index in [2.05, 4.69) is 0 Å². The van der Waals surface area contributed by atoms with Gasteiger partial charge in [-0.1, -0.05) is 0 Å². The molecule has 20 heavy (non-hydrogen) atoms. The molecule has 2 unspecified atom stereocenters. The normalized spacial score (nSPS) is 22.2. The second kappa shape index (κ2) is 6.43. The average molecular weight is 306 g/mol. The molecule has 116 valence electrons. The molecule has 1 aliphatic heterocycles. The highest BCUT2D eigenvalue weighted by Crippen LogP contribution is 2.19. The number of carboxylic acids is 1. The number of hydrogen-bond donors (Lipinski definition) is 1. The van der Waals surface area contributed by atoms with Crippen molar-refractivity contribution in [2.75, 3.05) is 25.1 Å². The number of urea groups is 1. The summed E-state index contributed by atoms with van der Waals surface area (Å²) in [5, 5.41) is 8.80. The fourth-order valence-electron chi connectivity index (χ4n) is 2.44. The maximum atomic E-state index is 12.4. The molecule has 7 nitrogen and oxygen atoms in total. The topological polar surface area (TPSA) is 95.0 Å². The number of sulfone groups is 1. The van der Waals surface area contributed by atoms with Gasteiger partial charge in [-0.3, -0.25) is 4.79 Å². The van der Waals surface area contributed by atoms with E-state index in [4.69, 9.17) is 5.11 Å². The Morgan fingerprint density at radius 3 is 2.40 bits per heavy atom. The van der Waals surface area contributed by atoms with E-state index in [0.717, 1.165) is 0 Å². The van der Waals surface area contributed by atoms with Crippen LogP contribution in [-0.4, -0.2) is 72.5 Å². The minimum atomic E-state index is -3.05. The summed E-state index contributed by atoms with van der Waals surface area (Å²) in [6.07, 6.45) is 0.311. The summed E-state index contributed by atoms with van der Waals surface area (Å²) in [6.45, 7) is 3.83. The first-order valence-electron chi connectivity index (χ1n) is 6.63. The van der Waals surface area contributed by atoms with Gasteiger partial charge in [0.2, 0.25) is 0 Å². The van der Waals surface area contributed by atoms with E-state index in [9.17, 15) is 18.0 Å². The molecular formula is C12H22N2O5S. The Balaban J connectivity index is 2.73. The van der Waals surface area contributed by atoms with Crippen LogP contribution in [0.5, 0.6) is 0 Å². The summed E-state index contributed by atoms with van der Waals surface area (Å²) in [7, 11) is -1.48. The van der Waals surface area contributed by atoms with Gasteiger partial charge in [0.1, 0.15) is 0 Å². The summed E-state index contributed by atoms with van der Waals surface area (Å²) in [6, 6.07) is -1.06. The van der Waals surface area contributed by atoms with Gasteiger partial charge in [-0.25, -0.2) is 13.2 Å². The van der Waals surface area contributed by atoms with Gasteiger partial charge in [-0.05, 0) is 20.3 Å². The second-order valence-electron chi connectivity index (χ2n) is 5.18. The number of nitrogens with zero attached hydrogens (tertiary/aromatic N) is 2. The lowest BCUT2D eigenvalue weighted by Crippen LogP contribution is -2.50. The highest BCUT2D eigenvalue weighted by atomic mass is 32.2. The van der Waals surface area contributed by atoms with Crippen molar-refractivity contribution in [2.45, 2.75) is 38.8 Å². The molecule has 0 bridgehead atoms. The second-order valence-corrected chi connectivity index (χ2v) is 7.41. The van der Waals surface area contributed by atoms with Crippen LogP contribution in [0.25, 0.3) is 0 Å². The van der Waals surface area contributed by atoms with Crippen LogP contribution in [0.4, 0.5) is 4.79 Å². The zero-order valence-corrected chi connectivity index (χ0v) is 12.9. The van der Waals surface area contributed by atoms with Gasteiger partial charge in [-0.15, -0.1) is 0 Å². The first-order chi connectivity index (χ1) is 9.18. The van der Waals surface area contributed by atoms with Crippen LogP contribution in [0.1, 0.15) is 26.7 Å². The Hall–Kier alpha value is -1.31. The molecule has 1 fully saturated rings. The zero-order valence-electron chi connectivity index (χ0n) is 12.1. The van der Waals surface area contributed by atoms with E-state index in [1.54, 1.807) is 20.9 Å². The number of aliphatic carboxylic acids is 1. The van der Waals surface area contributed by atoms with E-state index >= 15 is 0 Å². The monoisotopic (exact) mass is 306 g/mol. The number of amides is 2.